The number of benzene rings is 3. The van der Waals surface area contributed by atoms with Crippen LogP contribution >= 0.6 is 0 Å². The van der Waals surface area contributed by atoms with Crippen LogP contribution in [-0.2, 0) is 0 Å². The largest absolute Gasteiger partial charge is 0.505 e. The van der Waals surface area contributed by atoms with Crippen LogP contribution in [0, 0.1) is 29.2 Å². The van der Waals surface area contributed by atoms with E-state index in [4.69, 9.17) is 4.74 Å². The number of aliphatic hydroxyl groups excluding tert-OH is 1. The number of aliphatic hydroxyl groups is 1. The highest BCUT2D eigenvalue weighted by Crippen LogP contribution is 2.39. The van der Waals surface area contributed by atoms with Crippen molar-refractivity contribution in [3.05, 3.63) is 82.9 Å². The highest BCUT2D eigenvalue weighted by molar-refractivity contribution is 5.65. The Morgan fingerprint density at radius 2 is 1.53 bits per heavy atom. The van der Waals surface area contributed by atoms with Gasteiger partial charge in [-0.05, 0) is 78.8 Å². The highest BCUT2D eigenvalue weighted by atomic mass is 19.2. The molecule has 0 amide bonds. The molecule has 1 aliphatic rings. The summed E-state index contributed by atoms with van der Waals surface area (Å²) >= 11 is 0. The Bertz CT molecular complexity index is 1190. The van der Waals surface area contributed by atoms with Crippen molar-refractivity contribution in [3.8, 4) is 22.6 Å². The second kappa shape index (κ2) is 11.3. The summed E-state index contributed by atoms with van der Waals surface area (Å²) in [5.41, 5.74) is 1.59. The molecule has 0 radical (unpaired) electrons. The van der Waals surface area contributed by atoms with Crippen LogP contribution in [0.3, 0.4) is 0 Å². The van der Waals surface area contributed by atoms with Crippen molar-refractivity contribution in [2.75, 3.05) is 6.61 Å². The molecule has 1 atom stereocenters. The van der Waals surface area contributed by atoms with Crippen LogP contribution in [0.4, 0.5) is 17.6 Å². The Morgan fingerprint density at radius 1 is 0.833 bits per heavy atom. The van der Waals surface area contributed by atoms with Crippen molar-refractivity contribution in [1.82, 2.24) is 0 Å². The molecular formula is C29H30F4O3. The van der Waals surface area contributed by atoms with Gasteiger partial charge in [-0.3, -0.25) is 0 Å². The lowest BCUT2D eigenvalue weighted by atomic mass is 9.79. The van der Waals surface area contributed by atoms with Gasteiger partial charge in [0.15, 0.2) is 23.1 Å². The quantitative estimate of drug-likeness (QED) is 0.309. The van der Waals surface area contributed by atoms with E-state index in [1.54, 1.807) is 24.3 Å². The van der Waals surface area contributed by atoms with Crippen LogP contribution in [0.25, 0.3) is 11.1 Å². The van der Waals surface area contributed by atoms with Crippen molar-refractivity contribution in [1.29, 1.82) is 0 Å². The fourth-order valence-corrected chi connectivity index (χ4v) is 4.91. The van der Waals surface area contributed by atoms with Gasteiger partial charge in [0, 0.05) is 5.56 Å². The van der Waals surface area contributed by atoms with Gasteiger partial charge >= 0.3 is 0 Å². The molecule has 3 aromatic rings. The summed E-state index contributed by atoms with van der Waals surface area (Å²) in [5.74, 6) is -5.26. The summed E-state index contributed by atoms with van der Waals surface area (Å²) < 4.78 is 63.1. The molecule has 7 heteroatoms. The van der Waals surface area contributed by atoms with Crippen LogP contribution in [0.1, 0.15) is 68.6 Å². The van der Waals surface area contributed by atoms with Gasteiger partial charge in [-0.15, -0.1) is 0 Å². The van der Waals surface area contributed by atoms with E-state index in [9.17, 15) is 27.8 Å². The Hall–Kier alpha value is -3.06. The van der Waals surface area contributed by atoms with Crippen molar-refractivity contribution < 1.29 is 32.5 Å². The molecule has 1 unspecified atom stereocenters. The van der Waals surface area contributed by atoms with E-state index in [0.29, 0.717) is 37.7 Å². The zero-order chi connectivity index (χ0) is 25.8. The fourth-order valence-electron chi connectivity index (χ4n) is 4.91. The van der Waals surface area contributed by atoms with Gasteiger partial charge in [0.25, 0.3) is 0 Å². The average molecular weight is 503 g/mol. The summed E-state index contributed by atoms with van der Waals surface area (Å²) in [5, 5.41) is 19.4. The molecule has 1 aliphatic carbocycles. The van der Waals surface area contributed by atoms with E-state index in [-0.39, 0.29) is 35.3 Å². The van der Waals surface area contributed by atoms with Crippen LogP contribution < -0.4 is 4.74 Å². The molecule has 3 aromatic carbocycles. The maximum absolute atomic E-state index is 14.8. The summed E-state index contributed by atoms with van der Waals surface area (Å²) in [4.78, 5) is 0. The van der Waals surface area contributed by atoms with Crippen molar-refractivity contribution >= 4 is 0 Å². The Balaban J connectivity index is 1.36. The Kier molecular flexibility index (Phi) is 8.19. The van der Waals surface area contributed by atoms with Crippen LogP contribution in [0.5, 0.6) is 11.5 Å². The average Bonchev–Trinajstić information content (AvgIpc) is 2.89. The predicted molar refractivity (Wildman–Crippen MR) is 130 cm³/mol. The molecule has 36 heavy (non-hydrogen) atoms. The van der Waals surface area contributed by atoms with E-state index in [1.165, 1.54) is 18.2 Å². The molecule has 0 bridgehead atoms. The van der Waals surface area contributed by atoms with E-state index in [0.717, 1.165) is 18.1 Å². The maximum Gasteiger partial charge on any atom is 0.201 e. The van der Waals surface area contributed by atoms with Gasteiger partial charge in [0.2, 0.25) is 11.6 Å². The minimum Gasteiger partial charge on any atom is -0.505 e. The number of rotatable bonds is 8. The number of hydrogen-bond acceptors (Lipinski definition) is 3. The van der Waals surface area contributed by atoms with Crippen LogP contribution in [-0.4, -0.2) is 16.8 Å². The molecule has 3 nitrogen and oxygen atoms in total. The highest BCUT2D eigenvalue weighted by Gasteiger charge is 2.27. The second-order valence-corrected chi connectivity index (χ2v) is 9.50. The summed E-state index contributed by atoms with van der Waals surface area (Å²) in [6.45, 7) is 2.17. The number of phenols is 1. The van der Waals surface area contributed by atoms with E-state index in [2.05, 4.69) is 0 Å². The third-order valence-electron chi connectivity index (χ3n) is 7.07. The summed E-state index contributed by atoms with van der Waals surface area (Å²) in [7, 11) is 0. The number of hydrogen-bond donors (Lipinski definition) is 2. The summed E-state index contributed by atoms with van der Waals surface area (Å²) in [6, 6.07) is 12.2. The van der Waals surface area contributed by atoms with Gasteiger partial charge in [0.05, 0.1) is 12.7 Å². The van der Waals surface area contributed by atoms with E-state index < -0.39 is 35.1 Å². The van der Waals surface area contributed by atoms with Crippen molar-refractivity contribution in [2.24, 2.45) is 5.92 Å². The topological polar surface area (TPSA) is 49.7 Å². The zero-order valence-electron chi connectivity index (χ0n) is 20.1. The molecule has 192 valence electrons. The lowest BCUT2D eigenvalue weighted by molar-refractivity contribution is 0.166. The monoisotopic (exact) mass is 502 g/mol. The first-order chi connectivity index (χ1) is 17.3. The lowest BCUT2D eigenvalue weighted by Gasteiger charge is -2.29. The van der Waals surface area contributed by atoms with Gasteiger partial charge in [0.1, 0.15) is 0 Å². The first-order valence-electron chi connectivity index (χ1n) is 12.4. The number of halogens is 4. The predicted octanol–water partition coefficient (Wildman–Crippen LogP) is 7.80. The molecule has 0 heterocycles. The van der Waals surface area contributed by atoms with Gasteiger partial charge in [-0.2, -0.15) is 8.78 Å². The van der Waals surface area contributed by atoms with Crippen molar-refractivity contribution in [2.45, 2.75) is 57.5 Å². The molecule has 1 saturated carbocycles. The first-order valence-corrected chi connectivity index (χ1v) is 12.4. The zero-order valence-corrected chi connectivity index (χ0v) is 20.1. The molecule has 1 fully saturated rings. The normalized spacial score (nSPS) is 18.7. The molecular weight excluding hydrogens is 472 g/mol. The first kappa shape index (κ1) is 26.0. The van der Waals surface area contributed by atoms with Crippen LogP contribution in [0.2, 0.25) is 0 Å². The minimum absolute atomic E-state index is 0.0792. The number of ether oxygens (including phenoxy) is 1. The Labute approximate surface area is 208 Å². The molecule has 0 saturated heterocycles. The third kappa shape index (κ3) is 5.51. The standard InChI is InChI=1S/C29H30F4O3/c1-2-3-23(34)20-10-8-19(9-11-20)22-13-15-25(29(33)27(22)31)36-16-17-4-6-18(7-5-17)21-12-14-24(35)28(32)26(21)30/h8-15,17-18,23,34-35H,2-7,16H2,1H3. The SMILES string of the molecule is CCCC(O)c1ccc(-c2ccc(OCC3CCC(c4ccc(O)c(F)c4F)CC3)c(F)c2F)cc1. The van der Waals surface area contributed by atoms with Crippen LogP contribution in [0.15, 0.2) is 48.5 Å². The smallest absolute Gasteiger partial charge is 0.201 e. The second-order valence-electron chi connectivity index (χ2n) is 9.50. The number of aromatic hydroxyl groups is 1. The van der Waals surface area contributed by atoms with Gasteiger partial charge in [-0.25, -0.2) is 8.78 Å². The molecule has 4 rings (SSSR count). The molecule has 0 aromatic heterocycles. The number of phenolic OH excluding ortho intramolecular Hbond substituents is 1. The van der Waals surface area contributed by atoms with Crippen molar-refractivity contribution in [3.63, 3.8) is 0 Å². The third-order valence-corrected chi connectivity index (χ3v) is 7.07. The van der Waals surface area contributed by atoms with E-state index >= 15 is 0 Å². The molecule has 0 aliphatic heterocycles. The Morgan fingerprint density at radius 3 is 2.19 bits per heavy atom. The lowest BCUT2D eigenvalue weighted by Crippen LogP contribution is -2.20. The minimum atomic E-state index is -1.23. The summed E-state index contributed by atoms with van der Waals surface area (Å²) in [6.07, 6.45) is 3.43. The van der Waals surface area contributed by atoms with Gasteiger partial charge in [-0.1, -0.05) is 43.7 Å². The fraction of sp³-hybridized carbons (Fsp3) is 0.379. The maximum atomic E-state index is 14.8. The van der Waals surface area contributed by atoms with Gasteiger partial charge < -0.3 is 14.9 Å². The molecule has 2 N–H and O–H groups in total. The van der Waals surface area contributed by atoms with E-state index in [1.807, 2.05) is 6.92 Å². The molecule has 0 spiro atoms.